The molecule has 5 nitrogen and oxygen atoms in total. The predicted octanol–water partition coefficient (Wildman–Crippen LogP) is 3.40. The second kappa shape index (κ2) is 10.3. The SMILES string of the molecule is c1ccc(C(OCCN2CCN(Cc3ncccn3)CC2)c2ccccc2)cc1. The summed E-state index contributed by atoms with van der Waals surface area (Å²) in [5.41, 5.74) is 2.40. The van der Waals surface area contributed by atoms with Gasteiger partial charge in [-0.15, -0.1) is 0 Å². The second-order valence-electron chi connectivity index (χ2n) is 7.36. The van der Waals surface area contributed by atoms with Gasteiger partial charge in [0.25, 0.3) is 0 Å². The van der Waals surface area contributed by atoms with Crippen molar-refractivity contribution in [2.75, 3.05) is 39.3 Å². The van der Waals surface area contributed by atoms with E-state index in [9.17, 15) is 0 Å². The second-order valence-corrected chi connectivity index (χ2v) is 7.36. The molecule has 0 bridgehead atoms. The maximum atomic E-state index is 6.36. The Hall–Kier alpha value is -2.60. The number of benzene rings is 2. The minimum atomic E-state index is -0.0195. The summed E-state index contributed by atoms with van der Waals surface area (Å²) >= 11 is 0. The van der Waals surface area contributed by atoms with E-state index in [0.29, 0.717) is 0 Å². The summed E-state index contributed by atoms with van der Waals surface area (Å²) in [4.78, 5) is 13.6. The Morgan fingerprint density at radius 1 is 0.724 bits per heavy atom. The number of aromatic nitrogens is 2. The Morgan fingerprint density at radius 3 is 1.86 bits per heavy atom. The fourth-order valence-electron chi connectivity index (χ4n) is 3.72. The van der Waals surface area contributed by atoms with E-state index >= 15 is 0 Å². The molecule has 150 valence electrons. The van der Waals surface area contributed by atoms with Gasteiger partial charge in [0.15, 0.2) is 0 Å². The zero-order valence-corrected chi connectivity index (χ0v) is 16.7. The van der Waals surface area contributed by atoms with Crippen LogP contribution in [-0.4, -0.2) is 59.1 Å². The number of piperazine rings is 1. The van der Waals surface area contributed by atoms with Crippen molar-refractivity contribution in [3.63, 3.8) is 0 Å². The van der Waals surface area contributed by atoms with Gasteiger partial charge in [-0.25, -0.2) is 9.97 Å². The highest BCUT2D eigenvalue weighted by Crippen LogP contribution is 2.25. The molecule has 0 unspecified atom stereocenters. The Kier molecular flexibility index (Phi) is 6.97. The van der Waals surface area contributed by atoms with Gasteiger partial charge in [0.2, 0.25) is 0 Å². The van der Waals surface area contributed by atoms with Crippen LogP contribution in [0.5, 0.6) is 0 Å². The molecule has 1 aromatic heterocycles. The van der Waals surface area contributed by atoms with E-state index in [2.05, 4.69) is 68.3 Å². The Bertz CT molecular complexity index is 797. The van der Waals surface area contributed by atoms with Gasteiger partial charge in [-0.3, -0.25) is 9.80 Å². The average molecular weight is 389 g/mol. The van der Waals surface area contributed by atoms with E-state index in [1.807, 2.05) is 30.6 Å². The monoisotopic (exact) mass is 388 g/mol. The molecular formula is C24H28N4O. The lowest BCUT2D eigenvalue weighted by molar-refractivity contribution is 0.0438. The number of rotatable bonds is 8. The van der Waals surface area contributed by atoms with Gasteiger partial charge < -0.3 is 4.74 Å². The molecule has 2 heterocycles. The lowest BCUT2D eigenvalue weighted by Crippen LogP contribution is -2.47. The Morgan fingerprint density at radius 2 is 1.28 bits per heavy atom. The first kappa shape index (κ1) is 19.7. The van der Waals surface area contributed by atoms with Gasteiger partial charge >= 0.3 is 0 Å². The van der Waals surface area contributed by atoms with Crippen LogP contribution >= 0.6 is 0 Å². The first-order valence-electron chi connectivity index (χ1n) is 10.3. The molecule has 1 aliphatic heterocycles. The lowest BCUT2D eigenvalue weighted by Gasteiger charge is -2.34. The highest BCUT2D eigenvalue weighted by Gasteiger charge is 2.19. The molecule has 3 aromatic rings. The van der Waals surface area contributed by atoms with Crippen molar-refractivity contribution in [1.82, 2.24) is 19.8 Å². The smallest absolute Gasteiger partial charge is 0.142 e. The highest BCUT2D eigenvalue weighted by molar-refractivity contribution is 5.29. The largest absolute Gasteiger partial charge is 0.367 e. The van der Waals surface area contributed by atoms with E-state index in [0.717, 1.165) is 51.7 Å². The van der Waals surface area contributed by atoms with Crippen LogP contribution < -0.4 is 0 Å². The molecule has 2 aromatic carbocycles. The molecule has 0 amide bonds. The van der Waals surface area contributed by atoms with Crippen LogP contribution in [-0.2, 0) is 11.3 Å². The highest BCUT2D eigenvalue weighted by atomic mass is 16.5. The molecular weight excluding hydrogens is 360 g/mol. The molecule has 1 aliphatic rings. The van der Waals surface area contributed by atoms with Crippen molar-refractivity contribution in [3.8, 4) is 0 Å². The van der Waals surface area contributed by atoms with Crippen LogP contribution in [0.15, 0.2) is 79.1 Å². The summed E-state index contributed by atoms with van der Waals surface area (Å²) in [6.45, 7) is 6.69. The van der Waals surface area contributed by atoms with Gasteiger partial charge in [-0.05, 0) is 17.2 Å². The normalized spacial score (nSPS) is 15.6. The molecule has 0 radical (unpaired) electrons. The van der Waals surface area contributed by atoms with Gasteiger partial charge in [0.1, 0.15) is 11.9 Å². The minimum absolute atomic E-state index is 0.0195. The van der Waals surface area contributed by atoms with Gasteiger partial charge in [0.05, 0.1) is 13.2 Å². The van der Waals surface area contributed by atoms with Crippen LogP contribution in [0.25, 0.3) is 0 Å². The molecule has 1 fully saturated rings. The third-order valence-electron chi connectivity index (χ3n) is 5.35. The molecule has 0 saturated carbocycles. The van der Waals surface area contributed by atoms with Crippen molar-refractivity contribution >= 4 is 0 Å². The quantitative estimate of drug-likeness (QED) is 0.592. The third-order valence-corrected chi connectivity index (χ3v) is 5.35. The van der Waals surface area contributed by atoms with E-state index in [-0.39, 0.29) is 6.10 Å². The third kappa shape index (κ3) is 5.70. The molecule has 0 aliphatic carbocycles. The molecule has 0 atom stereocenters. The van der Waals surface area contributed by atoms with Crippen molar-refractivity contribution < 1.29 is 4.74 Å². The molecule has 1 saturated heterocycles. The van der Waals surface area contributed by atoms with E-state index in [4.69, 9.17) is 4.74 Å². The molecule has 0 spiro atoms. The minimum Gasteiger partial charge on any atom is -0.367 e. The fraction of sp³-hybridized carbons (Fsp3) is 0.333. The topological polar surface area (TPSA) is 41.5 Å². The molecule has 5 heteroatoms. The summed E-state index contributed by atoms with van der Waals surface area (Å²) < 4.78 is 6.36. The number of ether oxygens (including phenoxy) is 1. The summed E-state index contributed by atoms with van der Waals surface area (Å²) in [5.74, 6) is 0.901. The van der Waals surface area contributed by atoms with E-state index in [1.54, 1.807) is 0 Å². The van der Waals surface area contributed by atoms with E-state index in [1.165, 1.54) is 11.1 Å². The van der Waals surface area contributed by atoms with Crippen LogP contribution in [0, 0.1) is 0 Å². The van der Waals surface area contributed by atoms with Crippen LogP contribution in [0.2, 0.25) is 0 Å². The summed E-state index contributed by atoms with van der Waals surface area (Å²) in [6.07, 6.45) is 3.60. The van der Waals surface area contributed by atoms with Crippen LogP contribution in [0.1, 0.15) is 23.1 Å². The standard InChI is InChI=1S/C24H28N4O/c1-3-8-21(9-4-1)24(22-10-5-2-6-11-22)29-19-18-27-14-16-28(17-15-27)20-23-25-12-7-13-26-23/h1-13,24H,14-20H2. The summed E-state index contributed by atoms with van der Waals surface area (Å²) in [6, 6.07) is 22.8. The Balaban J connectivity index is 1.26. The zero-order valence-electron chi connectivity index (χ0n) is 16.7. The van der Waals surface area contributed by atoms with Crippen molar-refractivity contribution in [3.05, 3.63) is 96.1 Å². The van der Waals surface area contributed by atoms with Crippen LogP contribution in [0.4, 0.5) is 0 Å². The molecule has 0 N–H and O–H groups in total. The van der Waals surface area contributed by atoms with Gasteiger partial charge in [0, 0.05) is 45.1 Å². The van der Waals surface area contributed by atoms with Crippen molar-refractivity contribution in [1.29, 1.82) is 0 Å². The van der Waals surface area contributed by atoms with Crippen molar-refractivity contribution in [2.45, 2.75) is 12.6 Å². The number of hydrogen-bond donors (Lipinski definition) is 0. The van der Waals surface area contributed by atoms with Crippen molar-refractivity contribution in [2.24, 2.45) is 0 Å². The van der Waals surface area contributed by atoms with Crippen LogP contribution in [0.3, 0.4) is 0 Å². The average Bonchev–Trinajstić information content (AvgIpc) is 2.80. The maximum absolute atomic E-state index is 6.36. The zero-order chi connectivity index (χ0) is 19.7. The molecule has 4 rings (SSSR count). The first-order valence-corrected chi connectivity index (χ1v) is 10.3. The van der Waals surface area contributed by atoms with Gasteiger partial charge in [-0.1, -0.05) is 60.7 Å². The number of nitrogens with zero attached hydrogens (tertiary/aromatic N) is 4. The lowest BCUT2D eigenvalue weighted by atomic mass is 10.0. The maximum Gasteiger partial charge on any atom is 0.142 e. The molecule has 29 heavy (non-hydrogen) atoms. The Labute approximate surface area is 173 Å². The van der Waals surface area contributed by atoms with E-state index < -0.39 is 0 Å². The fourth-order valence-corrected chi connectivity index (χ4v) is 3.72. The van der Waals surface area contributed by atoms with Gasteiger partial charge in [-0.2, -0.15) is 0 Å². The first-order chi connectivity index (χ1) is 14.4. The number of hydrogen-bond acceptors (Lipinski definition) is 5. The summed E-state index contributed by atoms with van der Waals surface area (Å²) in [7, 11) is 0. The predicted molar refractivity (Wildman–Crippen MR) is 114 cm³/mol. The summed E-state index contributed by atoms with van der Waals surface area (Å²) in [5, 5.41) is 0.